The number of rotatable bonds is 3. The minimum absolute atomic E-state index is 0.0185. The SMILES string of the molecule is C[C@]12C=CC(=O)C=C1CCC1C2=CC[C@@]2(C)C1C[C@H](c1cccs1)[C@]2(O)C1OC1CO. The van der Waals surface area contributed by atoms with Crippen molar-refractivity contribution in [3.05, 3.63) is 57.8 Å². The smallest absolute Gasteiger partial charge is 0.178 e. The molecule has 1 saturated heterocycles. The highest BCUT2D eigenvalue weighted by Gasteiger charge is 2.73. The number of epoxide rings is 1. The van der Waals surface area contributed by atoms with E-state index in [2.05, 4.69) is 43.5 Å². The number of aliphatic hydroxyl groups excluding tert-OH is 1. The number of hydrogen-bond acceptors (Lipinski definition) is 5. The summed E-state index contributed by atoms with van der Waals surface area (Å²) in [5, 5.41) is 24.2. The molecule has 0 bridgehead atoms. The molecule has 0 amide bonds. The van der Waals surface area contributed by atoms with Crippen molar-refractivity contribution in [2.75, 3.05) is 6.61 Å². The summed E-state index contributed by atoms with van der Waals surface area (Å²) in [6, 6.07) is 4.21. The molecular formula is C26H30O4S. The lowest BCUT2D eigenvalue weighted by molar-refractivity contribution is -0.110. The number of ether oxygens (including phenoxy) is 1. The first-order valence-corrected chi connectivity index (χ1v) is 12.4. The molecule has 31 heavy (non-hydrogen) atoms. The molecule has 2 heterocycles. The van der Waals surface area contributed by atoms with E-state index in [0.29, 0.717) is 11.8 Å². The second kappa shape index (κ2) is 6.50. The zero-order valence-corrected chi connectivity index (χ0v) is 18.9. The molecule has 3 fully saturated rings. The normalized spacial score (nSPS) is 47.9. The Kier molecular flexibility index (Phi) is 4.22. The summed E-state index contributed by atoms with van der Waals surface area (Å²) in [7, 11) is 0. The minimum atomic E-state index is -0.993. The van der Waals surface area contributed by atoms with Crippen molar-refractivity contribution in [1.29, 1.82) is 0 Å². The molecule has 5 heteroatoms. The summed E-state index contributed by atoms with van der Waals surface area (Å²) in [5.41, 5.74) is 1.19. The van der Waals surface area contributed by atoms with Crippen LogP contribution in [-0.4, -0.2) is 40.4 Å². The molecule has 8 atom stereocenters. The molecule has 4 nitrogen and oxygen atoms in total. The van der Waals surface area contributed by atoms with Gasteiger partial charge >= 0.3 is 0 Å². The summed E-state index contributed by atoms with van der Waals surface area (Å²) in [6.07, 6.45) is 11.2. The van der Waals surface area contributed by atoms with Gasteiger partial charge in [-0.25, -0.2) is 0 Å². The largest absolute Gasteiger partial charge is 0.394 e. The minimum Gasteiger partial charge on any atom is -0.394 e. The predicted molar refractivity (Wildman–Crippen MR) is 120 cm³/mol. The maximum Gasteiger partial charge on any atom is 0.178 e. The summed E-state index contributed by atoms with van der Waals surface area (Å²) >= 11 is 1.71. The van der Waals surface area contributed by atoms with Crippen LogP contribution in [0.1, 0.15) is 50.3 Å². The fourth-order valence-electron chi connectivity index (χ4n) is 7.62. The van der Waals surface area contributed by atoms with E-state index >= 15 is 0 Å². The van der Waals surface area contributed by atoms with Gasteiger partial charge in [-0.05, 0) is 68.0 Å². The lowest BCUT2D eigenvalue weighted by Gasteiger charge is -2.54. The molecule has 1 aliphatic heterocycles. The number of ketones is 1. The second-order valence-corrected chi connectivity index (χ2v) is 11.5. The van der Waals surface area contributed by atoms with Crippen LogP contribution in [0.5, 0.6) is 0 Å². The van der Waals surface area contributed by atoms with E-state index < -0.39 is 5.60 Å². The molecule has 0 radical (unpaired) electrons. The topological polar surface area (TPSA) is 70.1 Å². The summed E-state index contributed by atoms with van der Waals surface area (Å²) in [6.45, 7) is 4.47. The highest BCUT2D eigenvalue weighted by atomic mass is 32.1. The lowest BCUT2D eigenvalue weighted by atomic mass is 9.51. The van der Waals surface area contributed by atoms with Gasteiger partial charge in [0.2, 0.25) is 0 Å². The van der Waals surface area contributed by atoms with Crippen molar-refractivity contribution in [3.8, 4) is 0 Å². The fraction of sp³-hybridized carbons (Fsp3) is 0.577. The van der Waals surface area contributed by atoms with Crippen LogP contribution in [0.4, 0.5) is 0 Å². The number of allylic oxidation sites excluding steroid dienone is 6. The summed E-state index contributed by atoms with van der Waals surface area (Å²) in [4.78, 5) is 13.2. The van der Waals surface area contributed by atoms with Gasteiger partial charge in [-0.2, -0.15) is 0 Å². The van der Waals surface area contributed by atoms with Crippen LogP contribution in [0.3, 0.4) is 0 Å². The quantitative estimate of drug-likeness (QED) is 0.549. The van der Waals surface area contributed by atoms with E-state index in [4.69, 9.17) is 4.74 Å². The molecule has 4 aliphatic carbocycles. The van der Waals surface area contributed by atoms with Gasteiger partial charge in [-0.3, -0.25) is 4.79 Å². The van der Waals surface area contributed by atoms with Gasteiger partial charge in [0.05, 0.1) is 6.61 Å². The second-order valence-electron chi connectivity index (χ2n) is 10.5. The van der Waals surface area contributed by atoms with Gasteiger partial charge in [0.15, 0.2) is 5.78 Å². The van der Waals surface area contributed by atoms with Gasteiger partial charge < -0.3 is 14.9 Å². The Morgan fingerprint density at radius 3 is 2.87 bits per heavy atom. The molecule has 2 N–H and O–H groups in total. The molecule has 0 spiro atoms. The average Bonchev–Trinajstić information content (AvgIpc) is 3.28. The number of aliphatic hydroxyl groups is 2. The Hall–Kier alpha value is -1.53. The highest BCUT2D eigenvalue weighted by molar-refractivity contribution is 7.10. The van der Waals surface area contributed by atoms with Crippen LogP contribution >= 0.6 is 11.3 Å². The van der Waals surface area contributed by atoms with Crippen LogP contribution in [0.2, 0.25) is 0 Å². The first-order chi connectivity index (χ1) is 14.8. The number of hydrogen-bond donors (Lipinski definition) is 2. The molecule has 4 unspecified atom stereocenters. The van der Waals surface area contributed by atoms with E-state index in [-0.39, 0.29) is 41.3 Å². The Balaban J connectivity index is 1.45. The standard InChI is InChI=1S/C26H30O4S/c1-24-9-7-16(28)12-15(24)5-6-17-18(24)8-10-25(2)19(17)13-20(22-4-3-11-31-22)26(25,29)23-21(14-27)30-23/h3-4,7-9,11-12,17,19-21,23,27,29H,5-6,10,13-14H2,1-2H3/t17?,19?,20-,21?,23?,24+,25+,26+/m1/s1. The molecule has 0 aromatic carbocycles. The first kappa shape index (κ1) is 20.1. The van der Waals surface area contributed by atoms with E-state index in [1.54, 1.807) is 17.4 Å². The fourth-order valence-corrected chi connectivity index (χ4v) is 8.53. The van der Waals surface area contributed by atoms with Crippen LogP contribution in [0.15, 0.2) is 53.0 Å². The third kappa shape index (κ3) is 2.49. The van der Waals surface area contributed by atoms with Gasteiger partial charge in [0, 0.05) is 21.6 Å². The van der Waals surface area contributed by atoms with E-state index in [9.17, 15) is 15.0 Å². The Morgan fingerprint density at radius 1 is 1.32 bits per heavy atom. The Morgan fingerprint density at radius 2 is 2.16 bits per heavy atom. The highest BCUT2D eigenvalue weighted by Crippen LogP contribution is 2.70. The van der Waals surface area contributed by atoms with Crippen LogP contribution < -0.4 is 0 Å². The number of carbonyl (C=O) groups excluding carboxylic acids is 1. The third-order valence-electron chi connectivity index (χ3n) is 9.36. The van der Waals surface area contributed by atoms with Crippen LogP contribution in [-0.2, 0) is 9.53 Å². The third-order valence-corrected chi connectivity index (χ3v) is 10.3. The van der Waals surface area contributed by atoms with E-state index in [1.807, 2.05) is 6.08 Å². The number of carbonyl (C=O) groups is 1. The maximum absolute atomic E-state index is 12.4. The van der Waals surface area contributed by atoms with Crippen molar-refractivity contribution in [2.24, 2.45) is 22.7 Å². The van der Waals surface area contributed by atoms with Crippen molar-refractivity contribution in [3.63, 3.8) is 0 Å². The zero-order chi connectivity index (χ0) is 21.6. The Bertz CT molecular complexity index is 1020. The first-order valence-electron chi connectivity index (χ1n) is 11.5. The zero-order valence-electron chi connectivity index (χ0n) is 18.1. The van der Waals surface area contributed by atoms with Gasteiger partial charge in [0.25, 0.3) is 0 Å². The molecule has 1 aromatic rings. The van der Waals surface area contributed by atoms with E-state index in [0.717, 1.165) is 25.7 Å². The molecule has 6 rings (SSSR count). The maximum atomic E-state index is 12.4. The molecular weight excluding hydrogens is 408 g/mol. The number of fused-ring (bicyclic) bond motifs is 5. The van der Waals surface area contributed by atoms with Crippen LogP contribution in [0, 0.1) is 22.7 Å². The number of thiophene rings is 1. The van der Waals surface area contributed by atoms with Crippen molar-refractivity contribution in [2.45, 2.75) is 63.3 Å². The summed E-state index contributed by atoms with van der Waals surface area (Å²) < 4.78 is 5.88. The van der Waals surface area contributed by atoms with Gasteiger partial charge in [-0.15, -0.1) is 11.3 Å². The molecule has 2 saturated carbocycles. The molecule has 5 aliphatic rings. The van der Waals surface area contributed by atoms with Crippen molar-refractivity contribution < 1.29 is 19.7 Å². The lowest BCUT2D eigenvalue weighted by Crippen LogP contribution is -2.55. The van der Waals surface area contributed by atoms with Crippen molar-refractivity contribution >= 4 is 17.1 Å². The van der Waals surface area contributed by atoms with Crippen LogP contribution in [0.25, 0.3) is 0 Å². The van der Waals surface area contributed by atoms with E-state index in [1.165, 1.54) is 16.0 Å². The Labute approximate surface area is 187 Å². The van der Waals surface area contributed by atoms with Gasteiger partial charge in [-0.1, -0.05) is 36.3 Å². The van der Waals surface area contributed by atoms with Gasteiger partial charge in [0.1, 0.15) is 17.8 Å². The molecule has 164 valence electrons. The summed E-state index contributed by atoms with van der Waals surface area (Å²) in [5.74, 6) is 0.852. The van der Waals surface area contributed by atoms with Crippen molar-refractivity contribution in [1.82, 2.24) is 0 Å². The monoisotopic (exact) mass is 438 g/mol. The molecule has 1 aromatic heterocycles. The predicted octanol–water partition coefficient (Wildman–Crippen LogP) is 4.16. The average molecular weight is 439 g/mol.